The Kier molecular flexibility index (Phi) is 3.84. The van der Waals surface area contributed by atoms with Crippen LogP contribution in [0.2, 0.25) is 0 Å². The average Bonchev–Trinajstić information content (AvgIpc) is 2.92. The fraction of sp³-hybridized carbons (Fsp3) is 0.312. The molecule has 0 saturated heterocycles. The normalized spacial score (nSPS) is 13.0. The number of hydrogen-bond acceptors (Lipinski definition) is 4. The predicted molar refractivity (Wildman–Crippen MR) is 88.5 cm³/mol. The van der Waals surface area contributed by atoms with E-state index in [0.29, 0.717) is 11.5 Å². The molecule has 0 radical (unpaired) electrons. The first-order chi connectivity index (χ1) is 10.1. The van der Waals surface area contributed by atoms with Crippen molar-refractivity contribution in [1.29, 1.82) is 0 Å². The summed E-state index contributed by atoms with van der Waals surface area (Å²) in [7, 11) is 0. The third-order valence-corrected chi connectivity index (χ3v) is 4.13. The van der Waals surface area contributed by atoms with Crippen molar-refractivity contribution in [3.05, 3.63) is 52.5 Å². The highest BCUT2D eigenvalue weighted by Gasteiger charge is 2.17. The Bertz CT molecular complexity index is 697. The van der Waals surface area contributed by atoms with Gasteiger partial charge in [-0.3, -0.25) is 4.98 Å². The van der Waals surface area contributed by atoms with Gasteiger partial charge < -0.3 is 11.1 Å². The summed E-state index contributed by atoms with van der Waals surface area (Å²) in [6.45, 7) is 2.74. The zero-order valence-corrected chi connectivity index (χ0v) is 12.8. The number of pyridine rings is 2. The number of aromatic nitrogens is 2. The van der Waals surface area contributed by atoms with Crippen LogP contribution in [0.5, 0.6) is 0 Å². The van der Waals surface area contributed by atoms with Gasteiger partial charge in [0.15, 0.2) is 0 Å². The Morgan fingerprint density at radius 1 is 1.43 bits per heavy atom. The lowest BCUT2D eigenvalue weighted by Gasteiger charge is -2.13. The molecule has 5 heteroatoms. The van der Waals surface area contributed by atoms with Gasteiger partial charge in [0.2, 0.25) is 0 Å². The molecule has 4 nitrogen and oxygen atoms in total. The summed E-state index contributed by atoms with van der Waals surface area (Å²) in [6, 6.07) is 4.09. The quantitative estimate of drug-likeness (QED) is 0.849. The highest BCUT2D eigenvalue weighted by atomic mass is 32.1. The summed E-state index contributed by atoms with van der Waals surface area (Å²) < 4.78 is 0. The van der Waals surface area contributed by atoms with Crippen LogP contribution in [0.3, 0.4) is 0 Å². The number of hydrogen-bond donors (Lipinski definition) is 2. The second-order valence-corrected chi connectivity index (χ2v) is 5.80. The second kappa shape index (κ2) is 5.77. The van der Waals surface area contributed by atoms with Crippen molar-refractivity contribution in [2.75, 3.05) is 5.32 Å². The van der Waals surface area contributed by atoms with Gasteiger partial charge in [-0.25, -0.2) is 4.98 Å². The molecule has 1 aliphatic carbocycles. The summed E-state index contributed by atoms with van der Waals surface area (Å²) in [5.74, 6) is 0.784. The van der Waals surface area contributed by atoms with Gasteiger partial charge in [0.25, 0.3) is 0 Å². The van der Waals surface area contributed by atoms with Crippen LogP contribution >= 0.6 is 12.2 Å². The Morgan fingerprint density at radius 3 is 3.05 bits per heavy atom. The first-order valence-corrected chi connectivity index (χ1v) is 7.52. The van der Waals surface area contributed by atoms with E-state index in [1.54, 1.807) is 6.20 Å². The molecule has 0 bridgehead atoms. The maximum atomic E-state index is 5.85. The molecule has 0 atom stereocenters. The number of fused-ring (bicyclic) bond motifs is 1. The molecule has 0 unspecified atom stereocenters. The fourth-order valence-corrected chi connectivity index (χ4v) is 2.81. The molecule has 0 spiro atoms. The van der Waals surface area contributed by atoms with E-state index in [-0.39, 0.29) is 0 Å². The molecule has 0 saturated carbocycles. The molecule has 2 heterocycles. The summed E-state index contributed by atoms with van der Waals surface area (Å²) in [4.78, 5) is 9.27. The Morgan fingerprint density at radius 2 is 2.29 bits per heavy atom. The van der Waals surface area contributed by atoms with Crippen molar-refractivity contribution in [3.8, 4) is 0 Å². The number of nitrogens with one attached hydrogen (secondary N) is 1. The van der Waals surface area contributed by atoms with E-state index in [1.165, 1.54) is 16.8 Å². The number of nitrogens with zero attached hydrogens (tertiary/aromatic N) is 2. The highest BCUT2D eigenvalue weighted by molar-refractivity contribution is 7.80. The van der Waals surface area contributed by atoms with E-state index < -0.39 is 0 Å². The average molecular weight is 298 g/mol. The fourth-order valence-electron chi connectivity index (χ4n) is 2.66. The summed E-state index contributed by atoms with van der Waals surface area (Å²) in [6.07, 6.45) is 6.93. The van der Waals surface area contributed by atoms with Crippen molar-refractivity contribution >= 4 is 23.0 Å². The molecular formula is C16H18N4S. The number of nitrogens with two attached hydrogens (primary N) is 1. The monoisotopic (exact) mass is 298 g/mol. The van der Waals surface area contributed by atoms with Crippen LogP contribution in [0.1, 0.15) is 34.4 Å². The molecule has 1 aliphatic rings. The topological polar surface area (TPSA) is 63.8 Å². The molecule has 3 N–H and O–H groups in total. The molecular weight excluding hydrogens is 280 g/mol. The minimum absolute atomic E-state index is 0.391. The van der Waals surface area contributed by atoms with Gasteiger partial charge in [0.05, 0.1) is 5.56 Å². The molecule has 2 aromatic heterocycles. The number of aryl methyl sites for hydroxylation is 3. The largest absolute Gasteiger partial charge is 0.389 e. The van der Waals surface area contributed by atoms with Crippen molar-refractivity contribution in [3.63, 3.8) is 0 Å². The van der Waals surface area contributed by atoms with E-state index in [9.17, 15) is 0 Å². The van der Waals surface area contributed by atoms with Gasteiger partial charge in [-0.05, 0) is 55.0 Å². The Hall–Kier alpha value is -2.01. The van der Waals surface area contributed by atoms with Crippen LogP contribution in [-0.2, 0) is 19.4 Å². The van der Waals surface area contributed by atoms with Crippen LogP contribution in [0.15, 0.2) is 24.5 Å². The molecule has 0 amide bonds. The summed E-state index contributed by atoms with van der Waals surface area (Å²) in [5.41, 5.74) is 11.5. The Labute approximate surface area is 129 Å². The molecule has 3 rings (SSSR count). The van der Waals surface area contributed by atoms with Gasteiger partial charge in [-0.1, -0.05) is 12.2 Å². The van der Waals surface area contributed by atoms with E-state index in [2.05, 4.69) is 23.3 Å². The highest BCUT2D eigenvalue weighted by Crippen LogP contribution is 2.25. The van der Waals surface area contributed by atoms with Crippen molar-refractivity contribution in [1.82, 2.24) is 9.97 Å². The van der Waals surface area contributed by atoms with E-state index in [4.69, 9.17) is 22.9 Å². The first-order valence-electron chi connectivity index (χ1n) is 7.11. The van der Waals surface area contributed by atoms with E-state index in [0.717, 1.165) is 36.2 Å². The third kappa shape index (κ3) is 2.88. The number of anilines is 1. The lowest BCUT2D eigenvalue weighted by molar-refractivity contribution is 0.899. The summed E-state index contributed by atoms with van der Waals surface area (Å²) in [5, 5.41) is 3.36. The first kappa shape index (κ1) is 13.9. The van der Waals surface area contributed by atoms with E-state index >= 15 is 0 Å². The number of rotatable bonds is 4. The van der Waals surface area contributed by atoms with E-state index in [1.807, 2.05) is 12.3 Å². The van der Waals surface area contributed by atoms with Crippen LogP contribution in [0, 0.1) is 6.92 Å². The van der Waals surface area contributed by atoms with Crippen LogP contribution < -0.4 is 11.1 Å². The maximum absolute atomic E-state index is 5.85. The molecule has 2 aromatic rings. The van der Waals surface area contributed by atoms with Crippen molar-refractivity contribution < 1.29 is 0 Å². The third-order valence-electron chi connectivity index (χ3n) is 3.91. The van der Waals surface area contributed by atoms with Gasteiger partial charge in [-0.2, -0.15) is 0 Å². The molecule has 0 aromatic carbocycles. The van der Waals surface area contributed by atoms with Crippen LogP contribution in [0.25, 0.3) is 0 Å². The van der Waals surface area contributed by atoms with Gasteiger partial charge in [0, 0.05) is 24.6 Å². The smallest absolute Gasteiger partial charge is 0.136 e. The second-order valence-electron chi connectivity index (χ2n) is 5.36. The van der Waals surface area contributed by atoms with Crippen molar-refractivity contribution in [2.24, 2.45) is 5.73 Å². The lowest BCUT2D eigenvalue weighted by Crippen LogP contribution is -2.16. The predicted octanol–water partition coefficient (Wildman–Crippen LogP) is 2.52. The molecule has 108 valence electrons. The van der Waals surface area contributed by atoms with Gasteiger partial charge in [-0.15, -0.1) is 0 Å². The van der Waals surface area contributed by atoms with Gasteiger partial charge >= 0.3 is 0 Å². The van der Waals surface area contributed by atoms with Gasteiger partial charge in [0.1, 0.15) is 10.8 Å². The maximum Gasteiger partial charge on any atom is 0.136 e. The zero-order valence-electron chi connectivity index (χ0n) is 12.0. The minimum atomic E-state index is 0.391. The standard InChI is InChI=1S/C16H18N4S/c1-10-5-6-18-8-12(10)9-19-16-13(15(17)21)7-11-3-2-4-14(11)20-16/h5-8H,2-4,9H2,1H3,(H2,17,21)(H,19,20). The van der Waals surface area contributed by atoms with Crippen LogP contribution in [-0.4, -0.2) is 15.0 Å². The Balaban J connectivity index is 1.88. The molecule has 0 aliphatic heterocycles. The summed E-state index contributed by atoms with van der Waals surface area (Å²) >= 11 is 5.16. The zero-order chi connectivity index (χ0) is 14.8. The van der Waals surface area contributed by atoms with Crippen LogP contribution in [0.4, 0.5) is 5.82 Å². The molecule has 0 fully saturated rings. The number of thiocarbonyl (C=S) groups is 1. The lowest BCUT2D eigenvalue weighted by atomic mass is 10.1. The molecule has 21 heavy (non-hydrogen) atoms. The van der Waals surface area contributed by atoms with Crippen molar-refractivity contribution in [2.45, 2.75) is 32.7 Å². The SMILES string of the molecule is Cc1ccncc1CNc1nc2c(cc1C(N)=S)CCC2. The minimum Gasteiger partial charge on any atom is -0.389 e.